The minimum absolute atomic E-state index is 0.402. The van der Waals surface area contributed by atoms with E-state index in [4.69, 9.17) is 21.7 Å². The molecule has 1 aromatic heterocycles. The zero-order chi connectivity index (χ0) is 19.1. The van der Waals surface area contributed by atoms with Crippen molar-refractivity contribution in [1.82, 2.24) is 14.9 Å². The number of rotatable bonds is 8. The van der Waals surface area contributed by atoms with Crippen molar-refractivity contribution in [1.29, 1.82) is 0 Å². The van der Waals surface area contributed by atoms with Crippen LogP contribution in [0.25, 0.3) is 11.4 Å². The topological polar surface area (TPSA) is 64.4 Å². The summed E-state index contributed by atoms with van der Waals surface area (Å²) in [5.41, 5.74) is 1.69. The van der Waals surface area contributed by atoms with Crippen LogP contribution in [-0.4, -0.2) is 34.3 Å². The van der Waals surface area contributed by atoms with E-state index >= 15 is 0 Å². The van der Waals surface area contributed by atoms with E-state index in [2.05, 4.69) is 22.2 Å². The van der Waals surface area contributed by atoms with Gasteiger partial charge in [-0.25, -0.2) is 5.10 Å². The molecule has 2 aromatic carbocycles. The highest BCUT2D eigenvalue weighted by Gasteiger charge is 2.13. The third-order valence-electron chi connectivity index (χ3n) is 3.77. The van der Waals surface area contributed by atoms with Crippen LogP contribution >= 0.6 is 12.2 Å². The molecule has 1 heterocycles. The van der Waals surface area contributed by atoms with Gasteiger partial charge in [-0.2, -0.15) is 14.9 Å². The van der Waals surface area contributed by atoms with Gasteiger partial charge in [0, 0.05) is 5.56 Å². The second-order valence-electron chi connectivity index (χ2n) is 5.72. The van der Waals surface area contributed by atoms with Crippen molar-refractivity contribution in [2.75, 3.05) is 13.2 Å². The predicted octanol–water partition coefficient (Wildman–Crippen LogP) is 4.68. The van der Waals surface area contributed by atoms with Gasteiger partial charge in [0.15, 0.2) is 5.82 Å². The van der Waals surface area contributed by atoms with Gasteiger partial charge in [0.05, 0.1) is 25.0 Å². The summed E-state index contributed by atoms with van der Waals surface area (Å²) in [6.45, 7) is 5.24. The van der Waals surface area contributed by atoms with Crippen LogP contribution in [0.4, 0.5) is 0 Å². The normalized spacial score (nSPS) is 11.0. The average molecular weight is 382 g/mol. The smallest absolute Gasteiger partial charge is 0.216 e. The molecular formula is C20H22N4O2S. The van der Waals surface area contributed by atoms with Crippen LogP contribution in [0.1, 0.15) is 25.8 Å². The summed E-state index contributed by atoms with van der Waals surface area (Å²) in [6, 6.07) is 15.4. The van der Waals surface area contributed by atoms with E-state index in [9.17, 15) is 0 Å². The summed E-state index contributed by atoms with van der Waals surface area (Å²) < 4.78 is 13.5. The molecule has 7 heteroatoms. The van der Waals surface area contributed by atoms with Gasteiger partial charge in [-0.1, -0.05) is 31.2 Å². The lowest BCUT2D eigenvalue weighted by molar-refractivity contribution is 0.317. The first-order valence-electron chi connectivity index (χ1n) is 8.90. The number of aromatic amines is 1. The van der Waals surface area contributed by atoms with Crippen molar-refractivity contribution < 1.29 is 9.47 Å². The van der Waals surface area contributed by atoms with Gasteiger partial charge in [-0.15, -0.1) is 0 Å². The number of para-hydroxylation sites is 2. The molecule has 0 saturated heterocycles. The molecule has 6 nitrogen and oxygen atoms in total. The summed E-state index contributed by atoms with van der Waals surface area (Å²) in [4.78, 5) is 0. The van der Waals surface area contributed by atoms with Crippen molar-refractivity contribution in [3.05, 3.63) is 58.9 Å². The fourth-order valence-electron chi connectivity index (χ4n) is 2.56. The molecule has 0 aliphatic rings. The highest BCUT2D eigenvalue weighted by atomic mass is 32.1. The molecule has 3 rings (SSSR count). The fraction of sp³-hybridized carbons (Fsp3) is 0.250. The van der Waals surface area contributed by atoms with Gasteiger partial charge in [0.25, 0.3) is 0 Å². The molecule has 0 aliphatic carbocycles. The number of ether oxygens (including phenoxy) is 2. The Kier molecular flexibility index (Phi) is 6.38. The summed E-state index contributed by atoms with van der Waals surface area (Å²) in [5.74, 6) is 2.11. The van der Waals surface area contributed by atoms with Crippen molar-refractivity contribution in [2.24, 2.45) is 5.10 Å². The molecular weight excluding hydrogens is 360 g/mol. The van der Waals surface area contributed by atoms with Crippen LogP contribution in [0.15, 0.2) is 53.6 Å². The van der Waals surface area contributed by atoms with Gasteiger partial charge in [-0.05, 0) is 49.8 Å². The Morgan fingerprint density at radius 1 is 1.07 bits per heavy atom. The number of nitrogens with zero attached hydrogens (tertiary/aromatic N) is 3. The van der Waals surface area contributed by atoms with E-state index in [0.717, 1.165) is 29.0 Å². The number of benzene rings is 2. The lowest BCUT2D eigenvalue weighted by Gasteiger charge is -2.09. The quantitative estimate of drug-likeness (QED) is 0.454. The maximum Gasteiger partial charge on any atom is 0.216 e. The van der Waals surface area contributed by atoms with Crippen LogP contribution in [-0.2, 0) is 0 Å². The lowest BCUT2D eigenvalue weighted by atomic mass is 10.2. The Morgan fingerprint density at radius 2 is 1.81 bits per heavy atom. The Hall–Kier alpha value is -2.93. The minimum atomic E-state index is 0.402. The maximum atomic E-state index is 5.78. The highest BCUT2D eigenvalue weighted by Crippen LogP contribution is 2.28. The predicted molar refractivity (Wildman–Crippen MR) is 109 cm³/mol. The Bertz CT molecular complexity index is 978. The molecule has 0 spiro atoms. The fourth-order valence-corrected chi connectivity index (χ4v) is 2.74. The molecule has 140 valence electrons. The average Bonchev–Trinajstić information content (AvgIpc) is 3.06. The third kappa shape index (κ3) is 4.43. The van der Waals surface area contributed by atoms with Crippen LogP contribution in [0.2, 0.25) is 0 Å². The number of hydrogen-bond acceptors (Lipinski definition) is 5. The summed E-state index contributed by atoms with van der Waals surface area (Å²) >= 11 is 5.36. The molecule has 0 bridgehead atoms. The highest BCUT2D eigenvalue weighted by molar-refractivity contribution is 7.71. The SMILES string of the molecule is CCCOc1ccccc1/C=N\n1c(-c2ccccc2OCC)n[nH]c1=S. The van der Waals surface area contributed by atoms with Gasteiger partial charge >= 0.3 is 0 Å². The molecule has 3 aromatic rings. The van der Waals surface area contributed by atoms with Gasteiger partial charge in [0.1, 0.15) is 11.5 Å². The molecule has 0 atom stereocenters. The first-order chi connectivity index (χ1) is 13.2. The Balaban J connectivity index is 1.98. The zero-order valence-electron chi connectivity index (χ0n) is 15.4. The summed E-state index contributed by atoms with van der Waals surface area (Å²) in [6.07, 6.45) is 2.67. The van der Waals surface area contributed by atoms with E-state index in [1.54, 1.807) is 10.9 Å². The van der Waals surface area contributed by atoms with Crippen LogP contribution in [0, 0.1) is 4.77 Å². The molecule has 0 unspecified atom stereocenters. The Morgan fingerprint density at radius 3 is 2.59 bits per heavy atom. The molecule has 0 radical (unpaired) electrons. The lowest BCUT2D eigenvalue weighted by Crippen LogP contribution is -2.01. The molecule has 27 heavy (non-hydrogen) atoms. The molecule has 0 saturated carbocycles. The number of hydrogen-bond donors (Lipinski definition) is 1. The van der Waals surface area contributed by atoms with E-state index in [-0.39, 0.29) is 0 Å². The molecule has 0 fully saturated rings. The second-order valence-corrected chi connectivity index (χ2v) is 6.11. The van der Waals surface area contributed by atoms with Crippen molar-refractivity contribution in [3.63, 3.8) is 0 Å². The first-order valence-corrected chi connectivity index (χ1v) is 9.31. The number of aromatic nitrogens is 3. The number of H-pyrrole nitrogens is 1. The van der Waals surface area contributed by atoms with E-state index < -0.39 is 0 Å². The minimum Gasteiger partial charge on any atom is -0.493 e. The van der Waals surface area contributed by atoms with Crippen LogP contribution in [0.5, 0.6) is 11.5 Å². The van der Waals surface area contributed by atoms with E-state index in [0.29, 0.717) is 23.8 Å². The standard InChI is InChI=1S/C20H22N4O2S/c1-3-13-26-17-11-7-5-9-15(17)14-21-24-19(22-23-20(24)27)16-10-6-8-12-18(16)25-4-2/h5-12,14H,3-4,13H2,1-2H3,(H,23,27)/b21-14-. The second kappa shape index (κ2) is 9.14. The van der Waals surface area contributed by atoms with Gasteiger partial charge < -0.3 is 9.47 Å². The first kappa shape index (κ1) is 18.8. The van der Waals surface area contributed by atoms with Crippen molar-refractivity contribution >= 4 is 18.4 Å². The van der Waals surface area contributed by atoms with Crippen molar-refractivity contribution in [2.45, 2.75) is 20.3 Å². The van der Waals surface area contributed by atoms with E-state index in [1.807, 2.05) is 55.5 Å². The monoisotopic (exact) mass is 382 g/mol. The molecule has 0 amide bonds. The number of nitrogens with one attached hydrogen (secondary N) is 1. The molecule has 1 N–H and O–H groups in total. The van der Waals surface area contributed by atoms with Crippen LogP contribution in [0.3, 0.4) is 0 Å². The van der Waals surface area contributed by atoms with Gasteiger partial charge in [0.2, 0.25) is 4.77 Å². The van der Waals surface area contributed by atoms with Gasteiger partial charge in [-0.3, -0.25) is 0 Å². The van der Waals surface area contributed by atoms with Crippen molar-refractivity contribution in [3.8, 4) is 22.9 Å². The summed E-state index contributed by atoms with van der Waals surface area (Å²) in [7, 11) is 0. The van der Waals surface area contributed by atoms with E-state index in [1.165, 1.54) is 0 Å². The molecule has 0 aliphatic heterocycles. The van der Waals surface area contributed by atoms with Crippen LogP contribution < -0.4 is 9.47 Å². The maximum absolute atomic E-state index is 5.78. The Labute approximate surface area is 163 Å². The zero-order valence-corrected chi connectivity index (χ0v) is 16.2. The summed E-state index contributed by atoms with van der Waals surface area (Å²) in [5, 5.41) is 11.7. The third-order valence-corrected chi connectivity index (χ3v) is 4.04. The largest absolute Gasteiger partial charge is 0.493 e.